The van der Waals surface area contributed by atoms with E-state index in [1.807, 2.05) is 24.3 Å². The number of ether oxygens (including phenoxy) is 1. The molecule has 34 heavy (non-hydrogen) atoms. The van der Waals surface area contributed by atoms with E-state index in [2.05, 4.69) is 15.9 Å². The van der Waals surface area contributed by atoms with Gasteiger partial charge in [0.15, 0.2) is 0 Å². The van der Waals surface area contributed by atoms with Crippen LogP contribution < -0.4 is 14.5 Å². The summed E-state index contributed by atoms with van der Waals surface area (Å²) in [4.78, 5) is 54.4. The van der Waals surface area contributed by atoms with Gasteiger partial charge in [-0.25, -0.2) is 4.90 Å². The summed E-state index contributed by atoms with van der Waals surface area (Å²) < 4.78 is 6.50. The molecule has 8 heteroatoms. The van der Waals surface area contributed by atoms with Gasteiger partial charge in [0.2, 0.25) is 17.7 Å². The van der Waals surface area contributed by atoms with Crippen molar-refractivity contribution in [1.82, 2.24) is 0 Å². The van der Waals surface area contributed by atoms with Crippen LogP contribution in [0.3, 0.4) is 0 Å². The molecule has 2 saturated carbocycles. The summed E-state index contributed by atoms with van der Waals surface area (Å²) in [5.41, 5.74) is 1.17. The highest BCUT2D eigenvalue weighted by atomic mass is 79.9. The fourth-order valence-electron chi connectivity index (χ4n) is 6.28. The minimum Gasteiger partial charge on any atom is -0.426 e. The van der Waals surface area contributed by atoms with Crippen LogP contribution in [0, 0.1) is 29.6 Å². The number of esters is 1. The summed E-state index contributed by atoms with van der Waals surface area (Å²) in [6, 6.07) is 13.9. The van der Waals surface area contributed by atoms with E-state index < -0.39 is 11.9 Å². The average Bonchev–Trinajstić information content (AvgIpc) is 3.58. The second-order valence-corrected chi connectivity index (χ2v) is 10.6. The van der Waals surface area contributed by atoms with Gasteiger partial charge in [-0.2, -0.15) is 0 Å². The van der Waals surface area contributed by atoms with Crippen molar-refractivity contribution in [3.8, 4) is 5.75 Å². The molecule has 2 aliphatic carbocycles. The lowest BCUT2D eigenvalue weighted by Crippen LogP contribution is -2.32. The smallest absolute Gasteiger partial charge is 0.316 e. The molecule has 2 aromatic carbocycles. The Kier molecular flexibility index (Phi) is 5.09. The number of fused-ring (bicyclic) bond motifs is 5. The summed E-state index contributed by atoms with van der Waals surface area (Å²) in [6.45, 7) is 0.244. The van der Waals surface area contributed by atoms with Gasteiger partial charge in [0, 0.05) is 29.2 Å². The van der Waals surface area contributed by atoms with Crippen molar-refractivity contribution in [3.63, 3.8) is 0 Å². The van der Waals surface area contributed by atoms with Crippen LogP contribution in [0.25, 0.3) is 0 Å². The van der Waals surface area contributed by atoms with E-state index in [4.69, 9.17) is 4.74 Å². The van der Waals surface area contributed by atoms with E-state index >= 15 is 0 Å². The third-order valence-corrected chi connectivity index (χ3v) is 8.35. The second-order valence-electron chi connectivity index (χ2n) is 9.70. The normalized spacial score (nSPS) is 29.8. The molecule has 2 aromatic rings. The van der Waals surface area contributed by atoms with Gasteiger partial charge in [0.25, 0.3) is 0 Å². The Morgan fingerprint density at radius 1 is 0.912 bits per heavy atom. The molecule has 174 valence electrons. The van der Waals surface area contributed by atoms with Crippen molar-refractivity contribution in [3.05, 3.63) is 53.0 Å². The molecule has 0 N–H and O–H groups in total. The van der Waals surface area contributed by atoms with E-state index in [0.29, 0.717) is 17.5 Å². The highest BCUT2D eigenvalue weighted by Gasteiger charge is 2.61. The number of halogens is 1. The molecular weight excluding hydrogens is 500 g/mol. The fourth-order valence-corrected chi connectivity index (χ4v) is 6.55. The zero-order valence-electron chi connectivity index (χ0n) is 18.4. The Labute approximate surface area is 205 Å². The average molecular weight is 523 g/mol. The van der Waals surface area contributed by atoms with Gasteiger partial charge < -0.3 is 9.64 Å². The molecule has 0 spiro atoms. The zero-order chi connectivity index (χ0) is 23.6. The molecule has 2 bridgehead atoms. The Hall–Kier alpha value is -3.00. The lowest BCUT2D eigenvalue weighted by molar-refractivity contribution is -0.139. The predicted octanol–water partition coefficient (Wildman–Crippen LogP) is 3.94. The number of rotatable bonds is 4. The van der Waals surface area contributed by atoms with Gasteiger partial charge in [-0.05, 0) is 67.5 Å². The highest BCUT2D eigenvalue weighted by molar-refractivity contribution is 9.10. The van der Waals surface area contributed by atoms with Crippen molar-refractivity contribution in [2.24, 2.45) is 29.6 Å². The Balaban J connectivity index is 1.16. The zero-order valence-corrected chi connectivity index (χ0v) is 19.9. The van der Waals surface area contributed by atoms with Crippen LogP contribution in [-0.4, -0.2) is 30.2 Å². The molecule has 2 heterocycles. The van der Waals surface area contributed by atoms with Gasteiger partial charge in [0.1, 0.15) is 5.75 Å². The maximum Gasteiger partial charge on any atom is 0.316 e. The number of nitrogens with zero attached hydrogens (tertiary/aromatic N) is 2. The van der Waals surface area contributed by atoms with Crippen LogP contribution in [0.2, 0.25) is 0 Å². The number of hydrogen-bond donors (Lipinski definition) is 0. The molecule has 2 saturated heterocycles. The van der Waals surface area contributed by atoms with Gasteiger partial charge in [-0.3, -0.25) is 19.2 Å². The number of imide groups is 1. The van der Waals surface area contributed by atoms with E-state index in [1.165, 1.54) is 4.90 Å². The first kappa shape index (κ1) is 21.5. The number of anilines is 2. The lowest BCUT2D eigenvalue weighted by atomic mass is 9.81. The standard InChI is InChI=1S/C26H23BrN2O5/c27-17-6-8-18(9-7-17)28-13-16(11-21(28)30)26(33)34-20-3-1-2-19(12-20)29-24(31)22-14-4-5-15(10-14)23(22)25(29)32/h1-3,6-9,12,14-16,22-23H,4-5,10-11,13H2/t14-,15-,16-,22-,23+/m0/s1. The molecule has 6 rings (SSSR count). The lowest BCUT2D eigenvalue weighted by Gasteiger charge is -2.19. The molecule has 3 amide bonds. The van der Waals surface area contributed by atoms with Gasteiger partial charge >= 0.3 is 5.97 Å². The van der Waals surface area contributed by atoms with Crippen LogP contribution in [0.5, 0.6) is 5.75 Å². The topological polar surface area (TPSA) is 84.0 Å². The molecule has 0 unspecified atom stereocenters. The number of amides is 3. The molecule has 5 atom stereocenters. The first-order valence-electron chi connectivity index (χ1n) is 11.7. The quantitative estimate of drug-likeness (QED) is 0.345. The monoisotopic (exact) mass is 522 g/mol. The molecule has 2 aliphatic heterocycles. The SMILES string of the molecule is O=C(Oc1cccc(N2C(=O)[C@@H]3[C@H]4CC[C@@H](C4)[C@@H]3C2=O)c1)[C@H]1CC(=O)N(c2ccc(Br)cc2)C1. The number of benzene rings is 2. The molecule has 0 radical (unpaired) electrons. The first-order chi connectivity index (χ1) is 16.4. The maximum atomic E-state index is 13.1. The molecule has 7 nitrogen and oxygen atoms in total. The Morgan fingerprint density at radius 3 is 2.26 bits per heavy atom. The van der Waals surface area contributed by atoms with Crippen LogP contribution in [0.4, 0.5) is 11.4 Å². The van der Waals surface area contributed by atoms with Gasteiger partial charge in [-0.1, -0.05) is 22.0 Å². The predicted molar refractivity (Wildman–Crippen MR) is 127 cm³/mol. The summed E-state index contributed by atoms with van der Waals surface area (Å²) in [5, 5.41) is 0. The second kappa shape index (κ2) is 8.05. The van der Waals surface area contributed by atoms with Crippen LogP contribution in [0.1, 0.15) is 25.7 Å². The van der Waals surface area contributed by atoms with E-state index in [9.17, 15) is 19.2 Å². The van der Waals surface area contributed by atoms with Crippen molar-refractivity contribution >= 4 is 51.0 Å². The highest BCUT2D eigenvalue weighted by Crippen LogP contribution is 2.56. The Bertz CT molecular complexity index is 1180. The van der Waals surface area contributed by atoms with Crippen molar-refractivity contribution in [2.45, 2.75) is 25.7 Å². The molecule has 4 aliphatic rings. The molecule has 4 fully saturated rings. The fraction of sp³-hybridized carbons (Fsp3) is 0.385. The number of carbonyl (C=O) groups excluding carboxylic acids is 4. The van der Waals surface area contributed by atoms with Crippen LogP contribution >= 0.6 is 15.9 Å². The first-order valence-corrected chi connectivity index (χ1v) is 12.5. The number of carbonyl (C=O) groups is 4. The molecule has 0 aromatic heterocycles. The van der Waals surface area contributed by atoms with Crippen LogP contribution in [-0.2, 0) is 19.2 Å². The minimum absolute atomic E-state index is 0.0732. The summed E-state index contributed by atoms with van der Waals surface area (Å²) in [7, 11) is 0. The maximum absolute atomic E-state index is 13.1. The Morgan fingerprint density at radius 2 is 1.59 bits per heavy atom. The van der Waals surface area contributed by atoms with E-state index in [0.717, 1.165) is 29.4 Å². The van der Waals surface area contributed by atoms with Crippen molar-refractivity contribution < 1.29 is 23.9 Å². The third kappa shape index (κ3) is 3.38. The van der Waals surface area contributed by atoms with Crippen molar-refractivity contribution in [2.75, 3.05) is 16.3 Å². The van der Waals surface area contributed by atoms with Crippen molar-refractivity contribution in [1.29, 1.82) is 0 Å². The van der Waals surface area contributed by atoms with Gasteiger partial charge in [0.05, 0.1) is 23.4 Å². The summed E-state index contributed by atoms with van der Waals surface area (Å²) in [5.74, 6) is -1.00. The van der Waals surface area contributed by atoms with Crippen LogP contribution in [0.15, 0.2) is 53.0 Å². The summed E-state index contributed by atoms with van der Waals surface area (Å²) >= 11 is 3.38. The third-order valence-electron chi connectivity index (χ3n) is 7.82. The van der Waals surface area contributed by atoms with Gasteiger partial charge in [-0.15, -0.1) is 0 Å². The summed E-state index contributed by atoms with van der Waals surface area (Å²) in [6.07, 6.45) is 3.10. The number of hydrogen-bond acceptors (Lipinski definition) is 5. The molecular formula is C26H23BrN2O5. The minimum atomic E-state index is -0.593. The van der Waals surface area contributed by atoms with E-state index in [1.54, 1.807) is 29.2 Å². The largest absolute Gasteiger partial charge is 0.426 e. The van der Waals surface area contributed by atoms with E-state index in [-0.39, 0.29) is 48.3 Å².